The van der Waals surface area contributed by atoms with Crippen molar-refractivity contribution in [1.82, 2.24) is 0 Å². The van der Waals surface area contributed by atoms with Gasteiger partial charge in [0.15, 0.2) is 0 Å². The Morgan fingerprint density at radius 3 is 2.10 bits per heavy atom. The Hall–Kier alpha value is 0.763. The van der Waals surface area contributed by atoms with E-state index in [0.29, 0.717) is 0 Å². The molecular formula is C8H17BrGe. The van der Waals surface area contributed by atoms with Gasteiger partial charge in [-0.3, -0.25) is 0 Å². The molecule has 0 saturated heterocycles. The fraction of sp³-hybridized carbons (Fsp3) is 0.750. The fourth-order valence-electron chi connectivity index (χ4n) is 0.868. The van der Waals surface area contributed by atoms with Gasteiger partial charge in [0.2, 0.25) is 0 Å². The molecule has 0 aliphatic heterocycles. The minimum atomic E-state index is -1.47. The Bertz CT molecular complexity index is 106. The summed E-state index contributed by atoms with van der Waals surface area (Å²) in [6, 6.07) is 0. The second kappa shape index (κ2) is 5.42. The van der Waals surface area contributed by atoms with Crippen LogP contribution < -0.4 is 0 Å². The average molecular weight is 266 g/mol. The topological polar surface area (TPSA) is 0 Å². The van der Waals surface area contributed by atoms with Crippen LogP contribution in [-0.4, -0.2) is 11.4 Å². The summed E-state index contributed by atoms with van der Waals surface area (Å²) in [6.07, 6.45) is 4.47. The van der Waals surface area contributed by atoms with E-state index < -0.39 is 11.4 Å². The average Bonchev–Trinajstić information content (AvgIpc) is 2.00. The van der Waals surface area contributed by atoms with Gasteiger partial charge in [-0.25, -0.2) is 0 Å². The van der Waals surface area contributed by atoms with Crippen molar-refractivity contribution in [2.24, 2.45) is 0 Å². The molecule has 0 amide bonds. The van der Waals surface area contributed by atoms with Gasteiger partial charge in [0.05, 0.1) is 0 Å². The van der Waals surface area contributed by atoms with Crippen LogP contribution in [0.1, 0.15) is 20.8 Å². The molecule has 0 heterocycles. The molecule has 0 bridgehead atoms. The van der Waals surface area contributed by atoms with Crippen LogP contribution in [0.4, 0.5) is 0 Å². The SMILES string of the molecule is C/C=C/[CH2][Ge]([Br])([CH2]C)[CH2]C. The molecule has 0 aliphatic carbocycles. The molecule has 0 aromatic heterocycles. The zero-order valence-corrected chi connectivity index (χ0v) is 10.8. The predicted molar refractivity (Wildman–Crippen MR) is 55.3 cm³/mol. The minimum absolute atomic E-state index is 1.34. The molecule has 0 aromatic carbocycles. The van der Waals surface area contributed by atoms with Gasteiger partial charge in [-0.2, -0.15) is 0 Å². The van der Waals surface area contributed by atoms with Crippen molar-refractivity contribution in [3.05, 3.63) is 12.2 Å². The monoisotopic (exact) mass is 266 g/mol. The van der Waals surface area contributed by atoms with Crippen LogP contribution in [-0.2, 0) is 0 Å². The molecule has 0 nitrogen and oxygen atoms in total. The number of rotatable bonds is 4. The summed E-state index contributed by atoms with van der Waals surface area (Å²) in [6.45, 7) is 6.71. The molecule has 0 aliphatic rings. The van der Waals surface area contributed by atoms with Crippen LogP contribution in [0.3, 0.4) is 0 Å². The maximum atomic E-state index is 3.92. The first-order chi connectivity index (χ1) is 4.68. The molecule has 60 valence electrons. The zero-order chi connectivity index (χ0) is 8.04. The third kappa shape index (κ3) is 3.82. The molecule has 0 aromatic rings. The maximum absolute atomic E-state index is 3.92. The van der Waals surface area contributed by atoms with E-state index >= 15 is 0 Å². The Balaban J connectivity index is 3.80. The van der Waals surface area contributed by atoms with Crippen LogP contribution >= 0.6 is 14.0 Å². The van der Waals surface area contributed by atoms with Crippen LogP contribution in [0, 0.1) is 0 Å². The third-order valence-electron chi connectivity index (χ3n) is 1.99. The number of hydrogen-bond donors (Lipinski definition) is 0. The van der Waals surface area contributed by atoms with E-state index in [9.17, 15) is 0 Å². The summed E-state index contributed by atoms with van der Waals surface area (Å²) in [7, 11) is 0. The van der Waals surface area contributed by atoms with Gasteiger partial charge in [0.25, 0.3) is 0 Å². The Kier molecular flexibility index (Phi) is 5.83. The quantitative estimate of drug-likeness (QED) is 0.533. The molecule has 0 spiro atoms. The Morgan fingerprint density at radius 1 is 1.30 bits per heavy atom. The summed E-state index contributed by atoms with van der Waals surface area (Å²) >= 11 is 2.45. The molecule has 0 atom stereocenters. The van der Waals surface area contributed by atoms with Crippen LogP contribution in [0.5, 0.6) is 0 Å². The number of hydrogen-bond acceptors (Lipinski definition) is 0. The van der Waals surface area contributed by atoms with Crippen molar-refractivity contribution in [1.29, 1.82) is 0 Å². The van der Waals surface area contributed by atoms with Crippen molar-refractivity contribution in [2.45, 2.75) is 36.5 Å². The molecule has 0 rings (SSSR count). The Labute approximate surface area is 74.1 Å². The molecule has 0 saturated carbocycles. The number of halogens is 1. The summed E-state index contributed by atoms with van der Waals surface area (Å²) in [4.78, 5) is 0. The Morgan fingerprint density at radius 2 is 1.80 bits per heavy atom. The van der Waals surface area contributed by atoms with Crippen molar-refractivity contribution in [3.63, 3.8) is 0 Å². The van der Waals surface area contributed by atoms with E-state index in [1.807, 2.05) is 0 Å². The van der Waals surface area contributed by atoms with E-state index in [1.54, 1.807) is 0 Å². The van der Waals surface area contributed by atoms with Crippen molar-refractivity contribution in [3.8, 4) is 0 Å². The van der Waals surface area contributed by atoms with E-state index in [1.165, 1.54) is 15.8 Å². The third-order valence-corrected chi connectivity index (χ3v) is 16.8. The van der Waals surface area contributed by atoms with Gasteiger partial charge in [-0.1, -0.05) is 0 Å². The predicted octanol–water partition coefficient (Wildman–Crippen LogP) is 3.94. The van der Waals surface area contributed by atoms with Crippen molar-refractivity contribution in [2.75, 3.05) is 0 Å². The van der Waals surface area contributed by atoms with Gasteiger partial charge < -0.3 is 0 Å². The molecular weight excluding hydrogens is 249 g/mol. The standard InChI is InChI=1S/C8H17BrGe/c1-4-7-8-10(9,5-2)6-3/h4,7H,5-6,8H2,1-3H3/b7-4+. The second-order valence-corrected chi connectivity index (χ2v) is 20.0. The van der Waals surface area contributed by atoms with Crippen LogP contribution in [0.15, 0.2) is 12.2 Å². The first-order valence-electron chi connectivity index (χ1n) is 3.98. The molecule has 0 fully saturated rings. The summed E-state index contributed by atoms with van der Waals surface area (Å²) < 4.78 is 0. The molecule has 2 heteroatoms. The number of allylic oxidation sites excluding steroid dienone is 2. The van der Waals surface area contributed by atoms with Crippen LogP contribution in [0.25, 0.3) is 0 Å². The molecule has 0 radical (unpaired) electrons. The van der Waals surface area contributed by atoms with Gasteiger partial charge in [-0.05, 0) is 0 Å². The summed E-state index contributed by atoms with van der Waals surface area (Å²) in [5.41, 5.74) is 0. The van der Waals surface area contributed by atoms with E-state index in [-0.39, 0.29) is 0 Å². The fourth-order valence-corrected chi connectivity index (χ4v) is 5.48. The van der Waals surface area contributed by atoms with Crippen molar-refractivity contribution >= 4 is 25.4 Å². The molecule has 0 unspecified atom stereocenters. The van der Waals surface area contributed by atoms with E-state index in [0.717, 1.165) is 0 Å². The first-order valence-corrected chi connectivity index (χ1v) is 13.3. The summed E-state index contributed by atoms with van der Waals surface area (Å²) in [5.74, 6) is 0. The van der Waals surface area contributed by atoms with Gasteiger partial charge in [0, 0.05) is 0 Å². The normalized spacial score (nSPS) is 12.8. The summed E-state index contributed by atoms with van der Waals surface area (Å²) in [5, 5.41) is 4.12. The molecule has 10 heavy (non-hydrogen) atoms. The van der Waals surface area contributed by atoms with Gasteiger partial charge in [-0.15, -0.1) is 0 Å². The van der Waals surface area contributed by atoms with E-state index in [4.69, 9.17) is 0 Å². The van der Waals surface area contributed by atoms with Crippen LogP contribution in [0.2, 0.25) is 15.8 Å². The van der Waals surface area contributed by atoms with Crippen molar-refractivity contribution < 1.29 is 0 Å². The van der Waals surface area contributed by atoms with E-state index in [2.05, 4.69) is 46.9 Å². The molecule has 0 N–H and O–H groups in total. The van der Waals surface area contributed by atoms with Gasteiger partial charge >= 0.3 is 74.1 Å². The first kappa shape index (κ1) is 10.8. The second-order valence-electron chi connectivity index (χ2n) is 2.63. The zero-order valence-electron chi connectivity index (χ0n) is 7.15. The van der Waals surface area contributed by atoms with Gasteiger partial charge in [0.1, 0.15) is 0 Å².